The van der Waals surface area contributed by atoms with Crippen LogP contribution in [0, 0.1) is 6.92 Å². The van der Waals surface area contributed by atoms with Gasteiger partial charge in [-0.05, 0) is 31.2 Å². The smallest absolute Gasteiger partial charge is 0.240 e. The molecule has 0 aromatic heterocycles. The number of phenolic OH excluding ortho intramolecular Hbond substituents is 1. The van der Waals surface area contributed by atoms with Gasteiger partial charge < -0.3 is 15.7 Å². The molecule has 0 saturated carbocycles. The molecule has 1 saturated heterocycles. The third-order valence-corrected chi connectivity index (χ3v) is 4.62. The average Bonchev–Trinajstić information content (AvgIpc) is 2.89. The highest BCUT2D eigenvalue weighted by atomic mass is 32.2. The Morgan fingerprint density at radius 1 is 1.28 bits per heavy atom. The highest BCUT2D eigenvalue weighted by Gasteiger charge is 2.32. The molecule has 0 bridgehead atoms. The number of aliphatic imine (C=N–C) groups is 1. The van der Waals surface area contributed by atoms with E-state index >= 15 is 0 Å². The number of nitrogens with one attached hydrogen (secondary N) is 2. The summed E-state index contributed by atoms with van der Waals surface area (Å²) < 4.78 is 0. The molecule has 3 N–H and O–H groups in total. The number of anilines is 1. The number of thioether (sulfide) groups is 1. The van der Waals surface area contributed by atoms with Crippen LogP contribution in [0.25, 0.3) is 0 Å². The van der Waals surface area contributed by atoms with Gasteiger partial charge in [0.05, 0.1) is 5.69 Å². The van der Waals surface area contributed by atoms with Crippen LogP contribution in [0.2, 0.25) is 0 Å². The van der Waals surface area contributed by atoms with E-state index in [4.69, 9.17) is 0 Å². The molecular formula is C18H17N3O3S. The second-order valence-corrected chi connectivity index (χ2v) is 6.84. The lowest BCUT2D eigenvalue weighted by atomic mass is 10.2. The molecule has 1 aliphatic rings. The van der Waals surface area contributed by atoms with Crippen molar-refractivity contribution in [2.45, 2.75) is 18.6 Å². The number of benzene rings is 2. The van der Waals surface area contributed by atoms with Gasteiger partial charge in [0.2, 0.25) is 11.8 Å². The SMILES string of the molecule is Cc1ccc(NC(=O)CC2SC(=Nc3cccc(O)c3)NC2=O)cc1. The molecule has 1 heterocycles. The first kappa shape index (κ1) is 17.0. The number of nitrogens with zero attached hydrogens (tertiary/aromatic N) is 1. The molecule has 1 fully saturated rings. The van der Waals surface area contributed by atoms with E-state index in [0.29, 0.717) is 16.5 Å². The van der Waals surface area contributed by atoms with E-state index in [1.54, 1.807) is 18.2 Å². The molecule has 2 aromatic carbocycles. The summed E-state index contributed by atoms with van der Waals surface area (Å²) in [6.45, 7) is 1.97. The largest absolute Gasteiger partial charge is 0.508 e. The monoisotopic (exact) mass is 355 g/mol. The van der Waals surface area contributed by atoms with Crippen molar-refractivity contribution in [3.63, 3.8) is 0 Å². The van der Waals surface area contributed by atoms with Gasteiger partial charge in [-0.15, -0.1) is 0 Å². The van der Waals surface area contributed by atoms with Crippen LogP contribution in [0.4, 0.5) is 11.4 Å². The van der Waals surface area contributed by atoms with E-state index in [1.807, 2.05) is 31.2 Å². The van der Waals surface area contributed by atoms with Crippen molar-refractivity contribution in [1.29, 1.82) is 0 Å². The summed E-state index contributed by atoms with van der Waals surface area (Å²) in [6, 6.07) is 13.9. The maximum Gasteiger partial charge on any atom is 0.240 e. The molecule has 1 aliphatic heterocycles. The number of rotatable bonds is 4. The minimum Gasteiger partial charge on any atom is -0.508 e. The maximum absolute atomic E-state index is 12.1. The Balaban J connectivity index is 1.61. The fourth-order valence-electron chi connectivity index (χ4n) is 2.29. The maximum atomic E-state index is 12.1. The van der Waals surface area contributed by atoms with Crippen molar-refractivity contribution in [2.24, 2.45) is 4.99 Å². The summed E-state index contributed by atoms with van der Waals surface area (Å²) >= 11 is 1.21. The number of amidine groups is 1. The standard InChI is InChI=1S/C18H17N3O3S/c1-11-5-7-12(8-6-11)19-16(23)10-15-17(24)21-18(25-15)20-13-3-2-4-14(22)9-13/h2-9,15,22H,10H2,1H3,(H,19,23)(H,20,21,24). The number of hydrogen-bond donors (Lipinski definition) is 3. The van der Waals surface area contributed by atoms with Crippen molar-refractivity contribution in [3.05, 3.63) is 54.1 Å². The molecule has 25 heavy (non-hydrogen) atoms. The number of aromatic hydroxyl groups is 1. The Hall–Kier alpha value is -2.80. The van der Waals surface area contributed by atoms with Crippen LogP contribution in [0.5, 0.6) is 5.75 Å². The number of amides is 2. The quantitative estimate of drug-likeness (QED) is 0.786. The first-order valence-corrected chi connectivity index (χ1v) is 8.59. The Morgan fingerprint density at radius 3 is 2.76 bits per heavy atom. The molecular weight excluding hydrogens is 338 g/mol. The van der Waals surface area contributed by atoms with Gasteiger partial charge in [0.25, 0.3) is 0 Å². The Bertz CT molecular complexity index is 834. The zero-order valence-electron chi connectivity index (χ0n) is 13.5. The van der Waals surface area contributed by atoms with Crippen LogP contribution in [0.3, 0.4) is 0 Å². The van der Waals surface area contributed by atoms with Gasteiger partial charge >= 0.3 is 0 Å². The van der Waals surface area contributed by atoms with E-state index in [1.165, 1.54) is 17.8 Å². The van der Waals surface area contributed by atoms with Crippen LogP contribution in [-0.4, -0.2) is 27.3 Å². The molecule has 0 aliphatic carbocycles. The van der Waals surface area contributed by atoms with Gasteiger partial charge in [-0.3, -0.25) is 9.59 Å². The van der Waals surface area contributed by atoms with Crippen molar-refractivity contribution in [3.8, 4) is 5.75 Å². The molecule has 1 atom stereocenters. The van der Waals surface area contributed by atoms with Gasteiger partial charge in [0.15, 0.2) is 5.17 Å². The fourth-order valence-corrected chi connectivity index (χ4v) is 3.28. The molecule has 7 heteroatoms. The number of carbonyl (C=O) groups is 2. The van der Waals surface area contributed by atoms with Crippen LogP contribution in [-0.2, 0) is 9.59 Å². The molecule has 0 spiro atoms. The normalized spacial score (nSPS) is 18.2. The van der Waals surface area contributed by atoms with Crippen LogP contribution < -0.4 is 10.6 Å². The van der Waals surface area contributed by atoms with Gasteiger partial charge in [-0.25, -0.2) is 4.99 Å². The van der Waals surface area contributed by atoms with E-state index in [0.717, 1.165) is 5.56 Å². The van der Waals surface area contributed by atoms with E-state index < -0.39 is 5.25 Å². The predicted octanol–water partition coefficient (Wildman–Crippen LogP) is 2.95. The minimum absolute atomic E-state index is 0.0590. The lowest BCUT2D eigenvalue weighted by Gasteiger charge is -2.07. The zero-order valence-corrected chi connectivity index (χ0v) is 14.3. The Morgan fingerprint density at radius 2 is 2.04 bits per heavy atom. The van der Waals surface area contributed by atoms with Crippen LogP contribution in [0.15, 0.2) is 53.5 Å². The molecule has 2 aromatic rings. The van der Waals surface area contributed by atoms with E-state index in [-0.39, 0.29) is 24.0 Å². The fraction of sp³-hybridized carbons (Fsp3) is 0.167. The molecule has 1 unspecified atom stereocenters. The van der Waals surface area contributed by atoms with Gasteiger partial charge in [0, 0.05) is 18.2 Å². The zero-order chi connectivity index (χ0) is 17.8. The highest BCUT2D eigenvalue weighted by Crippen LogP contribution is 2.26. The molecule has 2 amide bonds. The van der Waals surface area contributed by atoms with Crippen LogP contribution in [0.1, 0.15) is 12.0 Å². The highest BCUT2D eigenvalue weighted by molar-refractivity contribution is 8.15. The summed E-state index contributed by atoms with van der Waals surface area (Å²) in [4.78, 5) is 28.4. The lowest BCUT2D eigenvalue weighted by molar-refractivity contribution is -0.122. The predicted molar refractivity (Wildman–Crippen MR) is 99.1 cm³/mol. The van der Waals surface area contributed by atoms with Crippen molar-refractivity contribution < 1.29 is 14.7 Å². The summed E-state index contributed by atoms with van der Waals surface area (Å²) in [6.07, 6.45) is 0.0590. The first-order chi connectivity index (χ1) is 12.0. The van der Waals surface area contributed by atoms with E-state index in [9.17, 15) is 14.7 Å². The second kappa shape index (κ2) is 7.40. The third kappa shape index (κ3) is 4.60. The molecule has 6 nitrogen and oxygen atoms in total. The molecule has 0 radical (unpaired) electrons. The van der Waals surface area contributed by atoms with Crippen molar-refractivity contribution >= 4 is 40.1 Å². The van der Waals surface area contributed by atoms with Gasteiger partial charge in [-0.2, -0.15) is 0 Å². The number of aryl methyl sites for hydroxylation is 1. The molecule has 128 valence electrons. The third-order valence-electron chi connectivity index (χ3n) is 3.54. The van der Waals surface area contributed by atoms with Crippen LogP contribution >= 0.6 is 11.8 Å². The Kier molecular flexibility index (Phi) is 5.04. The van der Waals surface area contributed by atoms with Gasteiger partial charge in [0.1, 0.15) is 11.0 Å². The minimum atomic E-state index is -0.526. The summed E-state index contributed by atoms with van der Waals surface area (Å²) in [5, 5.41) is 14.8. The summed E-state index contributed by atoms with van der Waals surface area (Å²) in [5.74, 6) is -0.372. The topological polar surface area (TPSA) is 90.8 Å². The summed E-state index contributed by atoms with van der Waals surface area (Å²) in [5.41, 5.74) is 2.34. The first-order valence-electron chi connectivity index (χ1n) is 7.71. The molecule has 3 rings (SSSR count). The Labute approximate surface area is 149 Å². The van der Waals surface area contributed by atoms with E-state index in [2.05, 4.69) is 15.6 Å². The second-order valence-electron chi connectivity index (χ2n) is 5.65. The number of hydrogen-bond acceptors (Lipinski definition) is 5. The van der Waals surface area contributed by atoms with Gasteiger partial charge in [-0.1, -0.05) is 35.5 Å². The number of carbonyl (C=O) groups excluding carboxylic acids is 2. The summed E-state index contributed by atoms with van der Waals surface area (Å²) in [7, 11) is 0. The van der Waals surface area contributed by atoms with Crippen molar-refractivity contribution in [1.82, 2.24) is 5.32 Å². The lowest BCUT2D eigenvalue weighted by Crippen LogP contribution is -2.28. The average molecular weight is 355 g/mol. The van der Waals surface area contributed by atoms with Crippen molar-refractivity contribution in [2.75, 3.05) is 5.32 Å². The number of phenols is 1.